The Morgan fingerprint density at radius 2 is 2.33 bits per heavy atom. The van der Waals surface area contributed by atoms with E-state index >= 15 is 0 Å². The lowest BCUT2D eigenvalue weighted by Gasteiger charge is -2.10. The molecular weight excluding hydrogens is 236 g/mol. The third kappa shape index (κ3) is 2.60. The van der Waals surface area contributed by atoms with Crippen LogP contribution >= 0.6 is 0 Å². The summed E-state index contributed by atoms with van der Waals surface area (Å²) in [5.41, 5.74) is 7.65. The number of benzene rings is 1. The van der Waals surface area contributed by atoms with Gasteiger partial charge in [0, 0.05) is 6.04 Å². The van der Waals surface area contributed by atoms with Gasteiger partial charge in [0.15, 0.2) is 5.58 Å². The molecule has 96 valence electrons. The zero-order valence-electron chi connectivity index (χ0n) is 9.93. The van der Waals surface area contributed by atoms with Crippen molar-refractivity contribution in [1.29, 1.82) is 0 Å². The summed E-state index contributed by atoms with van der Waals surface area (Å²) in [5.74, 6) is -0.860. The molecule has 1 atom stereocenters. The van der Waals surface area contributed by atoms with Crippen LogP contribution in [0, 0.1) is 0 Å². The predicted molar refractivity (Wildman–Crippen MR) is 65.0 cm³/mol. The summed E-state index contributed by atoms with van der Waals surface area (Å²) in [4.78, 5) is 24.8. The fourth-order valence-electron chi connectivity index (χ4n) is 1.71. The van der Waals surface area contributed by atoms with Crippen molar-refractivity contribution in [3.05, 3.63) is 34.3 Å². The maximum Gasteiger partial charge on any atom is 0.417 e. The van der Waals surface area contributed by atoms with Crippen LogP contribution in [0.25, 0.3) is 11.1 Å². The van der Waals surface area contributed by atoms with E-state index in [-0.39, 0.29) is 12.4 Å². The van der Waals surface area contributed by atoms with Crippen LogP contribution in [0.3, 0.4) is 0 Å². The second-order valence-corrected chi connectivity index (χ2v) is 3.89. The second kappa shape index (κ2) is 5.05. The minimum Gasteiger partial charge on any atom is -0.466 e. The number of aromatic nitrogens is 1. The third-order valence-corrected chi connectivity index (χ3v) is 2.57. The second-order valence-electron chi connectivity index (χ2n) is 3.89. The third-order valence-electron chi connectivity index (χ3n) is 2.57. The van der Waals surface area contributed by atoms with E-state index in [1.807, 2.05) is 0 Å². The number of carbonyl (C=O) groups is 1. The number of ether oxygens (including phenoxy) is 1. The minimum absolute atomic E-state index is 0.0913. The van der Waals surface area contributed by atoms with Crippen molar-refractivity contribution >= 4 is 17.1 Å². The lowest BCUT2D eigenvalue weighted by molar-refractivity contribution is -0.143. The van der Waals surface area contributed by atoms with Gasteiger partial charge in [-0.1, -0.05) is 6.07 Å². The van der Waals surface area contributed by atoms with Crippen molar-refractivity contribution in [2.45, 2.75) is 19.4 Å². The van der Waals surface area contributed by atoms with Crippen molar-refractivity contribution < 1.29 is 13.9 Å². The molecule has 1 heterocycles. The van der Waals surface area contributed by atoms with Gasteiger partial charge in [-0.05, 0) is 24.6 Å². The molecule has 0 bridgehead atoms. The highest BCUT2D eigenvalue weighted by molar-refractivity contribution is 5.74. The van der Waals surface area contributed by atoms with Crippen LogP contribution in [-0.2, 0) is 9.53 Å². The summed E-state index contributed by atoms with van der Waals surface area (Å²) in [7, 11) is 0. The molecule has 0 aliphatic heterocycles. The number of esters is 1. The number of nitrogens with two attached hydrogens (primary N) is 1. The predicted octanol–water partition coefficient (Wildman–Crippen LogP) is 1.07. The number of oxazole rings is 1. The minimum atomic E-state index is -0.513. The molecular formula is C12H14N2O4. The molecule has 3 N–H and O–H groups in total. The molecule has 0 amide bonds. The standard InChI is InChI=1S/C12H14N2O4/c1-2-17-11(15)6-8(13)7-3-4-9-10(5-7)18-12(16)14-9/h3-5,8H,2,6,13H2,1H3,(H,14,16). The van der Waals surface area contributed by atoms with Gasteiger partial charge in [-0.25, -0.2) is 4.79 Å². The molecule has 18 heavy (non-hydrogen) atoms. The van der Waals surface area contributed by atoms with Crippen LogP contribution in [-0.4, -0.2) is 17.6 Å². The van der Waals surface area contributed by atoms with Crippen molar-refractivity contribution in [3.8, 4) is 0 Å². The van der Waals surface area contributed by atoms with E-state index in [0.29, 0.717) is 17.7 Å². The summed E-state index contributed by atoms with van der Waals surface area (Å²) >= 11 is 0. The van der Waals surface area contributed by atoms with Crippen molar-refractivity contribution in [2.24, 2.45) is 5.73 Å². The molecule has 2 rings (SSSR count). The molecule has 6 nitrogen and oxygen atoms in total. The average Bonchev–Trinajstić information content (AvgIpc) is 2.68. The lowest BCUT2D eigenvalue weighted by atomic mass is 10.0. The van der Waals surface area contributed by atoms with E-state index in [9.17, 15) is 9.59 Å². The summed E-state index contributed by atoms with van der Waals surface area (Å²) < 4.78 is 9.76. The molecule has 0 aliphatic carbocycles. The van der Waals surface area contributed by atoms with Crippen LogP contribution in [0.2, 0.25) is 0 Å². The Bertz CT molecular complexity index is 614. The largest absolute Gasteiger partial charge is 0.466 e. The topological polar surface area (TPSA) is 98.3 Å². The highest BCUT2D eigenvalue weighted by atomic mass is 16.5. The van der Waals surface area contributed by atoms with Gasteiger partial charge in [0.05, 0.1) is 18.5 Å². The molecule has 1 unspecified atom stereocenters. The maximum atomic E-state index is 11.3. The first-order valence-corrected chi connectivity index (χ1v) is 5.64. The molecule has 0 saturated heterocycles. The van der Waals surface area contributed by atoms with Gasteiger partial charge in [0.1, 0.15) is 0 Å². The average molecular weight is 250 g/mol. The maximum absolute atomic E-state index is 11.3. The Hall–Kier alpha value is -2.08. The first-order chi connectivity index (χ1) is 8.60. The van der Waals surface area contributed by atoms with E-state index in [1.54, 1.807) is 25.1 Å². The number of hydrogen-bond acceptors (Lipinski definition) is 5. The fraction of sp³-hybridized carbons (Fsp3) is 0.333. The summed E-state index contributed by atoms with van der Waals surface area (Å²) in [6.45, 7) is 2.07. The van der Waals surface area contributed by atoms with E-state index in [0.717, 1.165) is 5.56 Å². The summed E-state index contributed by atoms with van der Waals surface area (Å²) in [6, 6.07) is 4.61. The van der Waals surface area contributed by atoms with E-state index in [2.05, 4.69) is 4.98 Å². The molecule has 1 aromatic carbocycles. The zero-order valence-corrected chi connectivity index (χ0v) is 9.93. The van der Waals surface area contributed by atoms with Crippen LogP contribution < -0.4 is 11.5 Å². The van der Waals surface area contributed by atoms with Gasteiger partial charge in [0.25, 0.3) is 0 Å². The van der Waals surface area contributed by atoms with Crippen molar-refractivity contribution in [1.82, 2.24) is 4.98 Å². The zero-order chi connectivity index (χ0) is 13.1. The number of fused-ring (bicyclic) bond motifs is 1. The van der Waals surface area contributed by atoms with E-state index in [1.165, 1.54) is 0 Å². The van der Waals surface area contributed by atoms with Crippen LogP contribution in [0.4, 0.5) is 0 Å². The summed E-state index contributed by atoms with van der Waals surface area (Å²) in [5, 5.41) is 0. The van der Waals surface area contributed by atoms with Gasteiger partial charge >= 0.3 is 11.7 Å². The Balaban J connectivity index is 2.19. The van der Waals surface area contributed by atoms with E-state index in [4.69, 9.17) is 14.9 Å². The van der Waals surface area contributed by atoms with Crippen LogP contribution in [0.5, 0.6) is 0 Å². The lowest BCUT2D eigenvalue weighted by Crippen LogP contribution is -2.17. The summed E-state index contributed by atoms with van der Waals surface area (Å²) in [6.07, 6.45) is 0.0913. The number of aromatic amines is 1. The monoisotopic (exact) mass is 250 g/mol. The molecule has 0 radical (unpaired) electrons. The Labute approximate surface area is 103 Å². The normalized spacial score (nSPS) is 12.6. The highest BCUT2D eigenvalue weighted by Gasteiger charge is 2.13. The number of nitrogens with one attached hydrogen (secondary N) is 1. The first-order valence-electron chi connectivity index (χ1n) is 5.64. The van der Waals surface area contributed by atoms with Crippen molar-refractivity contribution in [2.75, 3.05) is 6.61 Å². The van der Waals surface area contributed by atoms with Crippen LogP contribution in [0.1, 0.15) is 24.9 Å². The Morgan fingerprint density at radius 3 is 3.06 bits per heavy atom. The Kier molecular flexibility index (Phi) is 3.47. The van der Waals surface area contributed by atoms with Crippen LogP contribution in [0.15, 0.2) is 27.4 Å². The highest BCUT2D eigenvalue weighted by Crippen LogP contribution is 2.19. The number of rotatable bonds is 4. The molecule has 0 fully saturated rings. The van der Waals surface area contributed by atoms with Gasteiger partial charge in [-0.3, -0.25) is 9.78 Å². The fourth-order valence-corrected chi connectivity index (χ4v) is 1.71. The van der Waals surface area contributed by atoms with Gasteiger partial charge in [0.2, 0.25) is 0 Å². The SMILES string of the molecule is CCOC(=O)CC(N)c1ccc2[nH]c(=O)oc2c1. The molecule has 2 aromatic rings. The molecule has 0 spiro atoms. The van der Waals surface area contributed by atoms with Gasteiger partial charge in [-0.2, -0.15) is 0 Å². The van der Waals surface area contributed by atoms with Gasteiger partial charge in [-0.15, -0.1) is 0 Å². The Morgan fingerprint density at radius 1 is 1.56 bits per heavy atom. The van der Waals surface area contributed by atoms with Gasteiger partial charge < -0.3 is 14.9 Å². The number of hydrogen-bond donors (Lipinski definition) is 2. The molecule has 0 saturated carbocycles. The molecule has 1 aromatic heterocycles. The molecule has 6 heteroatoms. The smallest absolute Gasteiger partial charge is 0.417 e. The quantitative estimate of drug-likeness (QED) is 0.791. The molecule has 0 aliphatic rings. The first kappa shape index (κ1) is 12.4. The number of carbonyl (C=O) groups excluding carboxylic acids is 1. The number of H-pyrrole nitrogens is 1. The van der Waals surface area contributed by atoms with E-state index < -0.39 is 11.8 Å². The van der Waals surface area contributed by atoms with Crippen molar-refractivity contribution in [3.63, 3.8) is 0 Å².